The minimum Gasteiger partial charge on any atom is -0.497 e. The summed E-state index contributed by atoms with van der Waals surface area (Å²) in [6.45, 7) is 0. The number of benzene rings is 2. The van der Waals surface area contributed by atoms with Gasteiger partial charge in [-0.2, -0.15) is 0 Å². The van der Waals surface area contributed by atoms with Crippen LogP contribution in [0.15, 0.2) is 48.5 Å². The fourth-order valence-electron chi connectivity index (χ4n) is 2.68. The first-order valence-electron chi connectivity index (χ1n) is 6.93. The second kappa shape index (κ2) is 5.34. The smallest absolute Gasteiger partial charge is 0.301 e. The van der Waals surface area contributed by atoms with E-state index >= 15 is 0 Å². The number of Topliss-reactive ketones (excluding diaryl/α,β-unsaturated/α-hetero) is 1. The number of fused-ring (bicyclic) bond motifs is 1. The first kappa shape index (κ1) is 15.5. The van der Waals surface area contributed by atoms with Gasteiger partial charge in [0.1, 0.15) is 11.5 Å². The molecule has 0 unspecified atom stereocenters. The first-order chi connectivity index (χ1) is 11.0. The van der Waals surface area contributed by atoms with Gasteiger partial charge >= 0.3 is 5.79 Å². The van der Waals surface area contributed by atoms with E-state index in [1.165, 1.54) is 20.3 Å². The van der Waals surface area contributed by atoms with Crippen LogP contribution in [0.2, 0.25) is 0 Å². The second-order valence-corrected chi connectivity index (χ2v) is 5.15. The number of methoxy groups -OCH3 is 2. The SMILES string of the molecule is COc1ccc([C@@]2(OC)Oc3ccccc3C(=O)C2(O)O)cc1. The van der Waals surface area contributed by atoms with Crippen molar-refractivity contribution in [1.29, 1.82) is 0 Å². The van der Waals surface area contributed by atoms with Gasteiger partial charge < -0.3 is 24.4 Å². The lowest BCUT2D eigenvalue weighted by molar-refractivity contribution is -0.338. The summed E-state index contributed by atoms with van der Waals surface area (Å²) in [6, 6.07) is 12.6. The van der Waals surface area contributed by atoms with Crippen molar-refractivity contribution in [3.63, 3.8) is 0 Å². The quantitative estimate of drug-likeness (QED) is 0.834. The molecular formula is C17H16O6. The molecule has 2 aromatic carbocycles. The monoisotopic (exact) mass is 316 g/mol. The summed E-state index contributed by atoms with van der Waals surface area (Å²) >= 11 is 0. The maximum absolute atomic E-state index is 12.5. The summed E-state index contributed by atoms with van der Waals surface area (Å²) in [6.07, 6.45) is 0. The molecule has 0 radical (unpaired) electrons. The predicted octanol–water partition coefficient (Wildman–Crippen LogP) is 1.45. The average Bonchev–Trinajstić information content (AvgIpc) is 2.58. The van der Waals surface area contributed by atoms with Gasteiger partial charge in [-0.15, -0.1) is 0 Å². The normalized spacial score (nSPS) is 22.2. The molecule has 0 saturated heterocycles. The second-order valence-electron chi connectivity index (χ2n) is 5.15. The molecule has 120 valence electrons. The van der Waals surface area contributed by atoms with Crippen LogP contribution in [0.1, 0.15) is 15.9 Å². The number of para-hydroxylation sites is 1. The van der Waals surface area contributed by atoms with Gasteiger partial charge in [0.15, 0.2) is 0 Å². The zero-order chi connectivity index (χ0) is 16.7. The van der Waals surface area contributed by atoms with E-state index in [4.69, 9.17) is 14.2 Å². The Morgan fingerprint density at radius 2 is 1.65 bits per heavy atom. The van der Waals surface area contributed by atoms with E-state index < -0.39 is 17.4 Å². The number of carbonyl (C=O) groups is 1. The van der Waals surface area contributed by atoms with Crippen LogP contribution in [0, 0.1) is 0 Å². The molecule has 0 aromatic heterocycles. The van der Waals surface area contributed by atoms with Gasteiger partial charge in [-0.3, -0.25) is 4.79 Å². The Kier molecular flexibility index (Phi) is 3.60. The van der Waals surface area contributed by atoms with Gasteiger partial charge in [-0.25, -0.2) is 0 Å². The van der Waals surface area contributed by atoms with E-state index in [9.17, 15) is 15.0 Å². The van der Waals surface area contributed by atoms with Crippen LogP contribution in [-0.4, -0.2) is 36.0 Å². The van der Waals surface area contributed by atoms with E-state index in [-0.39, 0.29) is 16.9 Å². The molecular weight excluding hydrogens is 300 g/mol. The molecule has 2 aromatic rings. The fraction of sp³-hybridized carbons (Fsp3) is 0.235. The molecule has 0 fully saturated rings. The Morgan fingerprint density at radius 3 is 2.26 bits per heavy atom. The van der Waals surface area contributed by atoms with Crippen molar-refractivity contribution in [2.75, 3.05) is 14.2 Å². The van der Waals surface area contributed by atoms with Crippen LogP contribution >= 0.6 is 0 Å². The van der Waals surface area contributed by atoms with Crippen molar-refractivity contribution in [3.8, 4) is 11.5 Å². The zero-order valence-corrected chi connectivity index (χ0v) is 12.6. The van der Waals surface area contributed by atoms with E-state index in [2.05, 4.69) is 0 Å². The van der Waals surface area contributed by atoms with E-state index in [1.807, 2.05) is 0 Å². The van der Waals surface area contributed by atoms with E-state index in [0.717, 1.165) is 0 Å². The lowest BCUT2D eigenvalue weighted by Gasteiger charge is -2.44. The Morgan fingerprint density at radius 1 is 1.00 bits per heavy atom. The summed E-state index contributed by atoms with van der Waals surface area (Å²) in [7, 11) is 2.76. The van der Waals surface area contributed by atoms with Crippen molar-refractivity contribution in [1.82, 2.24) is 0 Å². The predicted molar refractivity (Wildman–Crippen MR) is 80.3 cm³/mol. The van der Waals surface area contributed by atoms with Gasteiger partial charge in [0.05, 0.1) is 12.7 Å². The number of rotatable bonds is 3. The summed E-state index contributed by atoms with van der Waals surface area (Å²) in [5, 5.41) is 21.0. The van der Waals surface area contributed by atoms with Crippen molar-refractivity contribution in [2.45, 2.75) is 11.6 Å². The minimum atomic E-state index is -2.88. The summed E-state index contributed by atoms with van der Waals surface area (Å²) in [5.41, 5.74) is 0.354. The Balaban J connectivity index is 2.19. The third-order valence-electron chi connectivity index (χ3n) is 3.92. The number of aliphatic hydroxyl groups is 2. The molecule has 0 amide bonds. The first-order valence-corrected chi connectivity index (χ1v) is 6.93. The number of hydrogen-bond donors (Lipinski definition) is 2. The van der Waals surface area contributed by atoms with Gasteiger partial charge in [0.25, 0.3) is 5.79 Å². The van der Waals surface area contributed by atoms with Gasteiger partial charge in [0.2, 0.25) is 5.78 Å². The maximum Gasteiger partial charge on any atom is 0.301 e. The summed E-state index contributed by atoms with van der Waals surface area (Å²) < 4.78 is 16.1. The van der Waals surface area contributed by atoms with E-state index in [1.54, 1.807) is 42.5 Å². The average molecular weight is 316 g/mol. The Hall–Kier alpha value is -2.41. The molecule has 0 saturated carbocycles. The molecule has 1 aliphatic rings. The highest BCUT2D eigenvalue weighted by Crippen LogP contribution is 2.45. The van der Waals surface area contributed by atoms with Crippen LogP contribution in [0.3, 0.4) is 0 Å². The van der Waals surface area contributed by atoms with Gasteiger partial charge in [0, 0.05) is 12.7 Å². The number of hydrogen-bond acceptors (Lipinski definition) is 6. The lowest BCUT2D eigenvalue weighted by Crippen LogP contribution is -2.63. The third kappa shape index (κ3) is 2.11. The van der Waals surface area contributed by atoms with Crippen molar-refractivity contribution >= 4 is 5.78 Å². The minimum absolute atomic E-state index is 0.0821. The highest BCUT2D eigenvalue weighted by molar-refractivity contribution is 6.05. The number of ether oxygens (including phenoxy) is 3. The van der Waals surface area contributed by atoms with Crippen molar-refractivity contribution < 1.29 is 29.2 Å². The molecule has 2 N–H and O–H groups in total. The molecule has 3 rings (SSSR count). The van der Waals surface area contributed by atoms with Crippen LogP contribution in [-0.2, 0) is 10.5 Å². The molecule has 0 spiro atoms. The highest BCUT2D eigenvalue weighted by atomic mass is 16.7. The third-order valence-corrected chi connectivity index (χ3v) is 3.92. The topological polar surface area (TPSA) is 85.2 Å². The Bertz CT molecular complexity index is 737. The molecule has 23 heavy (non-hydrogen) atoms. The lowest BCUT2D eigenvalue weighted by atomic mass is 9.87. The summed E-state index contributed by atoms with van der Waals surface area (Å²) in [4.78, 5) is 12.5. The van der Waals surface area contributed by atoms with Crippen LogP contribution in [0.25, 0.3) is 0 Å². The van der Waals surface area contributed by atoms with Gasteiger partial charge in [-0.1, -0.05) is 12.1 Å². The van der Waals surface area contributed by atoms with Crippen molar-refractivity contribution in [2.24, 2.45) is 0 Å². The molecule has 6 heteroatoms. The summed E-state index contributed by atoms with van der Waals surface area (Å²) in [5.74, 6) is -5.06. The maximum atomic E-state index is 12.5. The van der Waals surface area contributed by atoms with Crippen LogP contribution < -0.4 is 9.47 Å². The molecule has 1 heterocycles. The largest absolute Gasteiger partial charge is 0.497 e. The van der Waals surface area contributed by atoms with Crippen molar-refractivity contribution in [3.05, 3.63) is 59.7 Å². The standard InChI is InChI=1S/C17H16O6/c1-21-12-9-7-11(8-10-12)17(22-2)16(19,20)15(18)13-5-3-4-6-14(13)23-17/h3-10,19-20H,1-2H3/t17-/m1/s1. The highest BCUT2D eigenvalue weighted by Gasteiger charge is 2.63. The molecule has 0 bridgehead atoms. The van der Waals surface area contributed by atoms with Crippen LogP contribution in [0.5, 0.6) is 11.5 Å². The molecule has 1 atom stereocenters. The molecule has 1 aliphatic heterocycles. The fourth-order valence-corrected chi connectivity index (χ4v) is 2.68. The van der Waals surface area contributed by atoms with Crippen LogP contribution in [0.4, 0.5) is 0 Å². The van der Waals surface area contributed by atoms with E-state index in [0.29, 0.717) is 5.75 Å². The molecule has 6 nitrogen and oxygen atoms in total. The number of carbonyl (C=O) groups excluding carboxylic acids is 1. The number of ketones is 1. The molecule has 0 aliphatic carbocycles. The van der Waals surface area contributed by atoms with Gasteiger partial charge in [-0.05, 0) is 36.4 Å². The Labute approximate surface area is 132 Å². The zero-order valence-electron chi connectivity index (χ0n) is 12.6.